The number of benzene rings is 1. The van der Waals surface area contributed by atoms with Crippen LogP contribution in [0.15, 0.2) is 24.4 Å². The molecule has 2 aromatic rings. The second-order valence-electron chi connectivity index (χ2n) is 5.32. The van der Waals surface area contributed by atoms with Gasteiger partial charge in [0.05, 0.1) is 17.2 Å². The number of anilines is 1. The van der Waals surface area contributed by atoms with E-state index in [2.05, 4.69) is 15.3 Å². The molecule has 1 aromatic heterocycles. The first kappa shape index (κ1) is 14.5. The fraction of sp³-hybridized carbons (Fsp3) is 0.385. The molecule has 0 radical (unpaired) electrons. The van der Waals surface area contributed by atoms with E-state index < -0.39 is 14.8 Å². The third-order valence-electron chi connectivity index (χ3n) is 3.96. The smallest absolute Gasteiger partial charge is 0.216 e. The van der Waals surface area contributed by atoms with E-state index in [-0.39, 0.29) is 6.54 Å². The minimum absolute atomic E-state index is 0.250. The Hall–Kier alpha value is -1.44. The molecule has 0 saturated heterocycles. The number of nitrogens with two attached hydrogens (primary N) is 1. The van der Waals surface area contributed by atoms with Crippen molar-refractivity contribution in [1.82, 2.24) is 9.97 Å². The third-order valence-corrected chi connectivity index (χ3v) is 5.96. The van der Waals surface area contributed by atoms with Gasteiger partial charge in [-0.1, -0.05) is 18.0 Å². The van der Waals surface area contributed by atoms with Crippen molar-refractivity contribution in [3.05, 3.63) is 29.4 Å². The molecule has 3 rings (SSSR count). The van der Waals surface area contributed by atoms with Crippen LogP contribution in [0.3, 0.4) is 0 Å². The Bertz CT molecular complexity index is 790. The van der Waals surface area contributed by atoms with Crippen molar-refractivity contribution >= 4 is 38.5 Å². The summed E-state index contributed by atoms with van der Waals surface area (Å²) in [7, 11) is -3.57. The molecular weight excluding hydrogens is 312 g/mol. The quantitative estimate of drug-likeness (QED) is 0.894. The van der Waals surface area contributed by atoms with Gasteiger partial charge in [-0.05, 0) is 31.0 Å². The first-order chi connectivity index (χ1) is 9.90. The zero-order chi connectivity index (χ0) is 15.1. The van der Waals surface area contributed by atoms with Crippen LogP contribution in [-0.2, 0) is 10.0 Å². The van der Waals surface area contributed by atoms with Crippen LogP contribution in [-0.4, -0.2) is 29.7 Å². The number of nitrogens with zero attached hydrogens (tertiary/aromatic N) is 2. The monoisotopic (exact) mass is 326 g/mol. The van der Waals surface area contributed by atoms with Gasteiger partial charge in [-0.15, -0.1) is 0 Å². The number of halogens is 1. The lowest BCUT2D eigenvalue weighted by atomic mass is 9.84. The minimum atomic E-state index is -3.57. The highest BCUT2D eigenvalue weighted by Gasteiger charge is 2.46. The minimum Gasteiger partial charge on any atom is -0.367 e. The van der Waals surface area contributed by atoms with Crippen LogP contribution in [0, 0.1) is 0 Å². The lowest BCUT2D eigenvalue weighted by Crippen LogP contribution is -2.53. The average molecular weight is 327 g/mol. The molecule has 0 aliphatic heterocycles. The molecule has 21 heavy (non-hydrogen) atoms. The van der Waals surface area contributed by atoms with Crippen LogP contribution in [0.4, 0.5) is 5.82 Å². The van der Waals surface area contributed by atoms with E-state index in [9.17, 15) is 8.42 Å². The number of hydrogen-bond donors (Lipinski definition) is 2. The zero-order valence-corrected chi connectivity index (χ0v) is 12.8. The molecule has 8 heteroatoms. The van der Waals surface area contributed by atoms with Gasteiger partial charge < -0.3 is 5.32 Å². The van der Waals surface area contributed by atoms with Gasteiger partial charge in [0.2, 0.25) is 10.0 Å². The van der Waals surface area contributed by atoms with Gasteiger partial charge in [0.25, 0.3) is 0 Å². The molecule has 0 spiro atoms. The maximum absolute atomic E-state index is 11.7. The molecule has 6 nitrogen and oxygen atoms in total. The molecule has 1 fully saturated rings. The highest BCUT2D eigenvalue weighted by Crippen LogP contribution is 2.38. The predicted molar refractivity (Wildman–Crippen MR) is 82.7 cm³/mol. The highest BCUT2D eigenvalue weighted by atomic mass is 35.5. The van der Waals surface area contributed by atoms with Crippen molar-refractivity contribution in [3.63, 3.8) is 0 Å². The van der Waals surface area contributed by atoms with Crippen LogP contribution in [0.2, 0.25) is 5.02 Å². The largest absolute Gasteiger partial charge is 0.367 e. The summed E-state index contributed by atoms with van der Waals surface area (Å²) in [6.45, 7) is 0.250. The molecule has 1 aromatic carbocycles. The molecule has 0 amide bonds. The summed E-state index contributed by atoms with van der Waals surface area (Å²) in [5.41, 5.74) is 1.39. The van der Waals surface area contributed by atoms with E-state index in [1.54, 1.807) is 24.4 Å². The number of hydrogen-bond acceptors (Lipinski definition) is 5. The van der Waals surface area contributed by atoms with Gasteiger partial charge >= 0.3 is 0 Å². The molecule has 112 valence electrons. The van der Waals surface area contributed by atoms with Gasteiger partial charge in [-0.2, -0.15) is 0 Å². The summed E-state index contributed by atoms with van der Waals surface area (Å²) >= 11 is 5.89. The Labute approximate surface area is 127 Å². The summed E-state index contributed by atoms with van der Waals surface area (Å²) in [5, 5.41) is 8.96. The van der Waals surface area contributed by atoms with Crippen LogP contribution >= 0.6 is 11.6 Å². The summed E-state index contributed by atoms with van der Waals surface area (Å²) in [5.74, 6) is 0.528. The predicted octanol–water partition coefficient (Wildman–Crippen LogP) is 1.91. The first-order valence-corrected chi connectivity index (χ1v) is 8.51. The number of rotatable bonds is 4. The Morgan fingerprint density at radius 1 is 1.33 bits per heavy atom. The van der Waals surface area contributed by atoms with Crippen LogP contribution in [0.1, 0.15) is 19.3 Å². The SMILES string of the molecule is NS(=O)(=O)C1(CNc2cnc3cc(Cl)ccc3n2)CCC1. The normalized spacial score (nSPS) is 17.4. The zero-order valence-electron chi connectivity index (χ0n) is 11.2. The Morgan fingerprint density at radius 2 is 2.10 bits per heavy atom. The standard InChI is InChI=1S/C13H15ClN4O2S/c14-9-2-3-10-11(6-9)16-7-12(18-10)17-8-13(4-1-5-13)21(15,19)20/h2-3,6-7H,1,4-5,8H2,(H,17,18)(H2,15,19,20). The summed E-state index contributed by atoms with van der Waals surface area (Å²) < 4.78 is 22.5. The fourth-order valence-corrected chi connectivity index (χ4v) is 3.75. The average Bonchev–Trinajstić information content (AvgIpc) is 2.35. The first-order valence-electron chi connectivity index (χ1n) is 6.58. The van der Waals surface area contributed by atoms with Crippen LogP contribution < -0.4 is 10.5 Å². The molecule has 1 heterocycles. The topological polar surface area (TPSA) is 98.0 Å². The van der Waals surface area contributed by atoms with Gasteiger partial charge in [0.15, 0.2) is 0 Å². The summed E-state index contributed by atoms with van der Waals surface area (Å²) in [6.07, 6.45) is 3.60. The lowest BCUT2D eigenvalue weighted by molar-refractivity contribution is 0.351. The molecule has 1 aliphatic rings. The third kappa shape index (κ3) is 2.68. The molecule has 1 saturated carbocycles. The molecule has 3 N–H and O–H groups in total. The van der Waals surface area contributed by atoms with Crippen molar-refractivity contribution < 1.29 is 8.42 Å². The van der Waals surface area contributed by atoms with Gasteiger partial charge in [0, 0.05) is 11.6 Å². The molecule has 1 aliphatic carbocycles. The van der Waals surface area contributed by atoms with Crippen molar-refractivity contribution in [3.8, 4) is 0 Å². The Balaban J connectivity index is 1.81. The number of nitrogens with one attached hydrogen (secondary N) is 1. The van der Waals surface area contributed by atoms with E-state index in [0.717, 1.165) is 6.42 Å². The van der Waals surface area contributed by atoms with E-state index in [1.807, 2.05) is 0 Å². The number of sulfonamides is 1. The summed E-state index contributed by atoms with van der Waals surface area (Å²) in [6, 6.07) is 5.24. The van der Waals surface area contributed by atoms with E-state index in [1.165, 1.54) is 0 Å². The number of aromatic nitrogens is 2. The van der Waals surface area contributed by atoms with E-state index in [4.69, 9.17) is 16.7 Å². The van der Waals surface area contributed by atoms with Crippen molar-refractivity contribution in [2.45, 2.75) is 24.0 Å². The van der Waals surface area contributed by atoms with E-state index >= 15 is 0 Å². The van der Waals surface area contributed by atoms with E-state index in [0.29, 0.717) is 34.7 Å². The highest BCUT2D eigenvalue weighted by molar-refractivity contribution is 7.90. The summed E-state index contributed by atoms with van der Waals surface area (Å²) in [4.78, 5) is 8.65. The fourth-order valence-electron chi connectivity index (χ4n) is 2.45. The van der Waals surface area contributed by atoms with Crippen molar-refractivity contribution in [1.29, 1.82) is 0 Å². The number of primary sulfonamides is 1. The van der Waals surface area contributed by atoms with Gasteiger partial charge in [0.1, 0.15) is 10.6 Å². The lowest BCUT2D eigenvalue weighted by Gasteiger charge is -2.39. The molecule has 0 unspecified atom stereocenters. The van der Waals surface area contributed by atoms with Crippen LogP contribution in [0.5, 0.6) is 0 Å². The second-order valence-corrected chi connectivity index (χ2v) is 7.72. The molecule has 0 atom stereocenters. The molecular formula is C13H15ClN4O2S. The Morgan fingerprint density at radius 3 is 2.71 bits per heavy atom. The molecule has 0 bridgehead atoms. The maximum atomic E-state index is 11.7. The van der Waals surface area contributed by atoms with Crippen molar-refractivity contribution in [2.24, 2.45) is 5.14 Å². The second kappa shape index (κ2) is 5.08. The maximum Gasteiger partial charge on any atom is 0.216 e. The van der Waals surface area contributed by atoms with Crippen molar-refractivity contribution in [2.75, 3.05) is 11.9 Å². The Kier molecular flexibility index (Phi) is 3.51. The van der Waals surface area contributed by atoms with Gasteiger partial charge in [-0.25, -0.2) is 18.5 Å². The van der Waals surface area contributed by atoms with Crippen LogP contribution in [0.25, 0.3) is 11.0 Å². The van der Waals surface area contributed by atoms with Gasteiger partial charge in [-0.3, -0.25) is 4.98 Å². The number of fused-ring (bicyclic) bond motifs is 1.